The van der Waals surface area contributed by atoms with E-state index in [1.54, 1.807) is 26.0 Å². The molecule has 75 valence electrons. The van der Waals surface area contributed by atoms with Gasteiger partial charge in [0, 0.05) is 17.5 Å². The van der Waals surface area contributed by atoms with Crippen molar-refractivity contribution < 1.29 is 10.0 Å². The highest BCUT2D eigenvalue weighted by Gasteiger charge is 2.13. The maximum Gasteiger partial charge on any atom is 0.272 e. The van der Waals surface area contributed by atoms with Crippen molar-refractivity contribution in [2.45, 2.75) is 13.8 Å². The molecule has 0 amide bonds. The molecule has 0 heterocycles. The Morgan fingerprint density at radius 1 is 1.57 bits per heavy atom. The molecule has 0 spiro atoms. The van der Waals surface area contributed by atoms with Gasteiger partial charge in [0.05, 0.1) is 11.5 Å². The molecule has 4 heteroatoms. The highest BCUT2D eigenvalue weighted by Crippen LogP contribution is 2.23. The van der Waals surface area contributed by atoms with Crippen molar-refractivity contribution in [1.29, 1.82) is 0 Å². The summed E-state index contributed by atoms with van der Waals surface area (Å²) in [6, 6.07) is 4.95. The van der Waals surface area contributed by atoms with Crippen molar-refractivity contribution in [3.63, 3.8) is 0 Å². The molecule has 0 fully saturated rings. The van der Waals surface area contributed by atoms with Crippen LogP contribution in [0.4, 0.5) is 5.69 Å². The van der Waals surface area contributed by atoms with E-state index < -0.39 is 4.92 Å². The number of aliphatic hydroxyl groups excluding tert-OH is 1. The van der Waals surface area contributed by atoms with Crippen molar-refractivity contribution in [2.24, 2.45) is 0 Å². The number of rotatable bonds is 3. The van der Waals surface area contributed by atoms with Gasteiger partial charge in [-0.25, -0.2) is 0 Å². The van der Waals surface area contributed by atoms with Crippen LogP contribution in [-0.4, -0.2) is 16.6 Å². The molecular formula is C10H12NO3. The Balaban J connectivity index is 3.12. The third-order valence-corrected chi connectivity index (χ3v) is 2.14. The minimum absolute atomic E-state index is 0.0831. The smallest absolute Gasteiger partial charge is 0.272 e. The second-order valence-electron chi connectivity index (χ2n) is 3.20. The molecular weight excluding hydrogens is 182 g/mol. The minimum Gasteiger partial charge on any atom is -0.395 e. The number of benzene rings is 1. The third kappa shape index (κ3) is 2.09. The molecule has 0 aliphatic carbocycles. The fraction of sp³-hybridized carbons (Fsp3) is 0.300. The van der Waals surface area contributed by atoms with Gasteiger partial charge in [0.15, 0.2) is 0 Å². The summed E-state index contributed by atoms with van der Waals surface area (Å²) in [6.07, 6.45) is 0. The lowest BCUT2D eigenvalue weighted by Crippen LogP contribution is -2.01. The first-order valence-electron chi connectivity index (χ1n) is 4.25. The topological polar surface area (TPSA) is 63.4 Å². The van der Waals surface area contributed by atoms with Gasteiger partial charge in [0.2, 0.25) is 0 Å². The normalized spacial score (nSPS) is 10.6. The standard InChI is InChI=1S/C10H12NO3/c1-7-3-4-9(8(2)6-12)5-10(7)11(13)14/h3-5,12H,6H2,1-2H3. The molecule has 1 rings (SSSR count). The van der Waals surface area contributed by atoms with E-state index in [9.17, 15) is 10.1 Å². The minimum atomic E-state index is -0.413. The van der Waals surface area contributed by atoms with Gasteiger partial charge < -0.3 is 5.11 Å². The van der Waals surface area contributed by atoms with E-state index in [1.165, 1.54) is 6.07 Å². The summed E-state index contributed by atoms with van der Waals surface area (Å²) in [5.41, 5.74) is 1.43. The summed E-state index contributed by atoms with van der Waals surface area (Å²) >= 11 is 0. The average Bonchev–Trinajstić information content (AvgIpc) is 2.17. The van der Waals surface area contributed by atoms with Crippen LogP contribution in [0.5, 0.6) is 0 Å². The maximum atomic E-state index is 10.6. The second kappa shape index (κ2) is 4.19. The van der Waals surface area contributed by atoms with Crippen LogP contribution in [-0.2, 0) is 0 Å². The van der Waals surface area contributed by atoms with Crippen molar-refractivity contribution in [3.05, 3.63) is 45.4 Å². The molecule has 1 N–H and O–H groups in total. The maximum absolute atomic E-state index is 10.6. The van der Waals surface area contributed by atoms with E-state index in [4.69, 9.17) is 5.11 Å². The van der Waals surface area contributed by atoms with E-state index in [-0.39, 0.29) is 12.3 Å². The molecule has 4 nitrogen and oxygen atoms in total. The Kier molecular flexibility index (Phi) is 3.19. The molecule has 0 atom stereocenters. The van der Waals surface area contributed by atoms with Gasteiger partial charge in [-0.15, -0.1) is 0 Å². The molecule has 0 aliphatic rings. The lowest BCUT2D eigenvalue weighted by molar-refractivity contribution is -0.385. The highest BCUT2D eigenvalue weighted by atomic mass is 16.6. The van der Waals surface area contributed by atoms with Gasteiger partial charge in [0.1, 0.15) is 0 Å². The van der Waals surface area contributed by atoms with Crippen molar-refractivity contribution in [3.8, 4) is 0 Å². The predicted octanol–water partition coefficient (Wildman–Crippen LogP) is 1.84. The monoisotopic (exact) mass is 194 g/mol. The van der Waals surface area contributed by atoms with Crippen LogP contribution in [0.3, 0.4) is 0 Å². The predicted molar refractivity (Wildman–Crippen MR) is 52.9 cm³/mol. The first kappa shape index (κ1) is 10.7. The van der Waals surface area contributed by atoms with Crippen LogP contribution in [0.15, 0.2) is 18.2 Å². The third-order valence-electron chi connectivity index (χ3n) is 2.14. The van der Waals surface area contributed by atoms with Crippen LogP contribution in [0.25, 0.3) is 0 Å². The van der Waals surface area contributed by atoms with E-state index in [2.05, 4.69) is 0 Å². The van der Waals surface area contributed by atoms with Crippen molar-refractivity contribution in [1.82, 2.24) is 0 Å². The Hall–Kier alpha value is -1.42. The molecule has 0 bridgehead atoms. The Morgan fingerprint density at radius 3 is 2.71 bits per heavy atom. The fourth-order valence-electron chi connectivity index (χ4n) is 1.16. The van der Waals surface area contributed by atoms with Gasteiger partial charge in [-0.1, -0.05) is 19.1 Å². The summed E-state index contributed by atoms with van der Waals surface area (Å²) in [4.78, 5) is 10.2. The quantitative estimate of drug-likeness (QED) is 0.589. The molecule has 0 saturated carbocycles. The number of nitro benzene ring substituents is 1. The summed E-state index contributed by atoms with van der Waals surface area (Å²) in [7, 11) is 0. The Bertz CT molecular complexity index is 349. The molecule has 0 aromatic heterocycles. The first-order chi connectivity index (χ1) is 6.56. The van der Waals surface area contributed by atoms with E-state index in [1.807, 2.05) is 0 Å². The van der Waals surface area contributed by atoms with Crippen LogP contribution >= 0.6 is 0 Å². The number of aliphatic hydroxyl groups is 1. The van der Waals surface area contributed by atoms with Crippen LogP contribution in [0.1, 0.15) is 18.1 Å². The SMILES string of the molecule is C[C](CO)c1ccc(C)c([N+](=O)[O-])c1. The zero-order valence-electron chi connectivity index (χ0n) is 8.15. The van der Waals surface area contributed by atoms with E-state index >= 15 is 0 Å². The Labute approximate surface area is 82.3 Å². The molecule has 0 unspecified atom stereocenters. The number of nitrogens with zero attached hydrogens (tertiary/aromatic N) is 1. The number of hydrogen-bond donors (Lipinski definition) is 1. The molecule has 1 aromatic carbocycles. The van der Waals surface area contributed by atoms with Crippen LogP contribution in [0, 0.1) is 23.0 Å². The summed E-state index contributed by atoms with van der Waals surface area (Å²) in [5, 5.41) is 19.5. The molecule has 0 saturated heterocycles. The molecule has 14 heavy (non-hydrogen) atoms. The molecule has 0 aliphatic heterocycles. The largest absolute Gasteiger partial charge is 0.395 e. The van der Waals surface area contributed by atoms with Crippen molar-refractivity contribution >= 4 is 5.69 Å². The summed E-state index contributed by atoms with van der Waals surface area (Å²) in [6.45, 7) is 3.35. The number of nitro groups is 1. The van der Waals surface area contributed by atoms with Crippen LogP contribution in [0.2, 0.25) is 0 Å². The highest BCUT2D eigenvalue weighted by molar-refractivity contribution is 5.46. The first-order valence-corrected chi connectivity index (χ1v) is 4.25. The molecule has 1 radical (unpaired) electrons. The van der Waals surface area contributed by atoms with E-state index in [0.717, 1.165) is 5.92 Å². The van der Waals surface area contributed by atoms with Gasteiger partial charge in [-0.05, 0) is 12.5 Å². The average molecular weight is 194 g/mol. The van der Waals surface area contributed by atoms with Crippen LogP contribution < -0.4 is 0 Å². The van der Waals surface area contributed by atoms with E-state index in [0.29, 0.717) is 11.1 Å². The number of aryl methyl sites for hydroxylation is 1. The van der Waals surface area contributed by atoms with Gasteiger partial charge in [0.25, 0.3) is 5.69 Å². The Morgan fingerprint density at radius 2 is 2.21 bits per heavy atom. The summed E-state index contributed by atoms with van der Waals surface area (Å²) in [5.74, 6) is 0.730. The van der Waals surface area contributed by atoms with Gasteiger partial charge in [-0.3, -0.25) is 10.1 Å². The van der Waals surface area contributed by atoms with Crippen molar-refractivity contribution in [2.75, 3.05) is 6.61 Å². The second-order valence-corrected chi connectivity index (χ2v) is 3.20. The zero-order chi connectivity index (χ0) is 10.7. The summed E-state index contributed by atoms with van der Waals surface area (Å²) < 4.78 is 0. The molecule has 1 aromatic rings. The number of hydrogen-bond acceptors (Lipinski definition) is 3. The fourth-order valence-corrected chi connectivity index (χ4v) is 1.16. The lowest BCUT2D eigenvalue weighted by atomic mass is 10.00. The zero-order valence-corrected chi connectivity index (χ0v) is 8.15. The lowest BCUT2D eigenvalue weighted by Gasteiger charge is -2.07. The van der Waals surface area contributed by atoms with Gasteiger partial charge >= 0.3 is 0 Å². The van der Waals surface area contributed by atoms with Gasteiger partial charge in [-0.2, -0.15) is 0 Å².